The molecule has 5 N–H and O–H groups in total. The standard InChI is InChI=1S/C27H32FN6O8P/c1-4-19(28)11-10-16(2)42-43(38,33-17(3)26(37)39-13-18-8-6-5-7-9-18)40-14-21-20(35)12-22(41-21)34-15-30-23-24(34)31-27(29)32-25(23)36/h4-11,15,17,20-22,35H,1,12-14H2,2-3H3,(H,33,38)(H3,29,31,32,36)/b16-10+,19-11+/t17-,20+,21+,22+,43?/m0/s1. The van der Waals surface area contributed by atoms with Crippen molar-refractivity contribution in [3.63, 3.8) is 0 Å². The van der Waals surface area contributed by atoms with Crippen LogP contribution in [0.2, 0.25) is 0 Å². The number of aromatic nitrogens is 4. The highest BCUT2D eigenvalue weighted by molar-refractivity contribution is 7.51. The van der Waals surface area contributed by atoms with Crippen molar-refractivity contribution >= 4 is 30.8 Å². The number of carbonyl (C=O) groups excluding carboxylic acids is 1. The van der Waals surface area contributed by atoms with E-state index in [1.54, 1.807) is 24.3 Å². The van der Waals surface area contributed by atoms with Crippen LogP contribution in [0.1, 0.15) is 32.1 Å². The number of H-pyrrole nitrogens is 1. The average molecular weight is 619 g/mol. The molecule has 0 radical (unpaired) electrons. The van der Waals surface area contributed by atoms with Crippen molar-refractivity contribution in [3.8, 4) is 0 Å². The van der Waals surface area contributed by atoms with Crippen molar-refractivity contribution in [1.29, 1.82) is 0 Å². The van der Waals surface area contributed by atoms with Gasteiger partial charge in [-0.05, 0) is 37.6 Å². The summed E-state index contributed by atoms with van der Waals surface area (Å²) in [6, 6.07) is 7.82. The van der Waals surface area contributed by atoms with Gasteiger partial charge in [0.05, 0.1) is 19.0 Å². The number of carbonyl (C=O) groups is 1. The third kappa shape index (κ3) is 8.24. The SMILES string of the molecule is C=C/C(F)=C\C=C(/C)OP(=O)(N[C@@H](C)C(=O)OCc1ccccc1)OC[C@H]1O[C@@H](n2cnc3c(=O)[nH]c(N)nc32)C[C@H]1O. The molecule has 3 aromatic rings. The number of hydrogen-bond acceptors (Lipinski definition) is 11. The molecule has 5 atom stereocenters. The third-order valence-corrected chi connectivity index (χ3v) is 7.96. The number of allylic oxidation sites excluding steroid dienone is 5. The maximum absolute atomic E-state index is 13.8. The summed E-state index contributed by atoms with van der Waals surface area (Å²) in [5, 5.41) is 13.2. The molecule has 230 valence electrons. The number of aliphatic hydroxyl groups is 1. The van der Waals surface area contributed by atoms with Gasteiger partial charge in [-0.3, -0.25) is 23.7 Å². The molecule has 14 nitrogen and oxygen atoms in total. The van der Waals surface area contributed by atoms with Gasteiger partial charge >= 0.3 is 13.7 Å². The minimum Gasteiger partial charge on any atom is -0.460 e. The van der Waals surface area contributed by atoms with Crippen LogP contribution in [0.4, 0.5) is 10.3 Å². The number of esters is 1. The minimum atomic E-state index is -4.34. The number of nitrogens with one attached hydrogen (secondary N) is 2. The number of aliphatic hydroxyl groups excluding tert-OH is 1. The van der Waals surface area contributed by atoms with Crippen LogP contribution in [0, 0.1) is 0 Å². The lowest BCUT2D eigenvalue weighted by atomic mass is 10.2. The molecule has 3 heterocycles. The zero-order valence-corrected chi connectivity index (χ0v) is 24.3. The van der Waals surface area contributed by atoms with Crippen molar-refractivity contribution < 1.29 is 37.4 Å². The number of nitrogens with zero attached hydrogens (tertiary/aromatic N) is 3. The predicted molar refractivity (Wildman–Crippen MR) is 154 cm³/mol. The molecule has 43 heavy (non-hydrogen) atoms. The van der Waals surface area contributed by atoms with Crippen LogP contribution in [-0.4, -0.2) is 55.5 Å². The third-order valence-electron chi connectivity index (χ3n) is 6.24. The van der Waals surface area contributed by atoms with E-state index in [1.165, 1.54) is 30.8 Å². The van der Waals surface area contributed by atoms with E-state index in [2.05, 4.69) is 26.6 Å². The summed E-state index contributed by atoms with van der Waals surface area (Å²) in [4.78, 5) is 35.3. The van der Waals surface area contributed by atoms with Crippen LogP contribution >= 0.6 is 7.75 Å². The van der Waals surface area contributed by atoms with E-state index >= 15 is 0 Å². The average Bonchev–Trinajstić information content (AvgIpc) is 3.57. The van der Waals surface area contributed by atoms with E-state index in [9.17, 15) is 23.7 Å². The number of hydrogen-bond donors (Lipinski definition) is 4. The summed E-state index contributed by atoms with van der Waals surface area (Å²) in [5.41, 5.74) is 6.06. The second-order valence-electron chi connectivity index (χ2n) is 9.57. The molecule has 0 amide bonds. The van der Waals surface area contributed by atoms with Gasteiger partial charge in [0.25, 0.3) is 5.56 Å². The smallest absolute Gasteiger partial charge is 0.459 e. The number of imidazole rings is 1. The number of fused-ring (bicyclic) bond motifs is 1. The molecule has 0 saturated carbocycles. The first-order valence-electron chi connectivity index (χ1n) is 13.1. The van der Waals surface area contributed by atoms with Crippen LogP contribution in [0.25, 0.3) is 11.2 Å². The number of rotatable bonds is 13. The molecule has 16 heteroatoms. The highest BCUT2D eigenvalue weighted by Gasteiger charge is 2.39. The van der Waals surface area contributed by atoms with Crippen LogP contribution < -0.4 is 16.4 Å². The van der Waals surface area contributed by atoms with E-state index in [4.69, 9.17) is 24.3 Å². The lowest BCUT2D eigenvalue weighted by Gasteiger charge is -2.25. The van der Waals surface area contributed by atoms with Crippen LogP contribution in [0.3, 0.4) is 0 Å². The van der Waals surface area contributed by atoms with E-state index in [0.29, 0.717) is 0 Å². The number of ether oxygens (including phenoxy) is 2. The van der Waals surface area contributed by atoms with Crippen molar-refractivity contribution in [2.75, 3.05) is 12.3 Å². The van der Waals surface area contributed by atoms with Gasteiger partial charge in [0, 0.05) is 6.42 Å². The maximum Gasteiger partial charge on any atom is 0.459 e. The predicted octanol–water partition coefficient (Wildman–Crippen LogP) is 3.16. The Morgan fingerprint density at radius 2 is 2.14 bits per heavy atom. The molecule has 0 aliphatic carbocycles. The Bertz CT molecular complexity index is 1620. The number of aromatic amines is 1. The number of benzene rings is 1. The zero-order chi connectivity index (χ0) is 31.1. The fraction of sp³-hybridized carbons (Fsp3) is 0.333. The molecule has 1 aliphatic rings. The van der Waals surface area contributed by atoms with Crippen molar-refractivity contribution in [1.82, 2.24) is 24.6 Å². The van der Waals surface area contributed by atoms with Gasteiger partial charge in [0.2, 0.25) is 5.95 Å². The molecule has 4 rings (SSSR count). The second kappa shape index (κ2) is 13.9. The van der Waals surface area contributed by atoms with E-state index in [1.807, 2.05) is 6.07 Å². The van der Waals surface area contributed by atoms with Gasteiger partial charge in [-0.2, -0.15) is 10.1 Å². The normalized spacial score (nSPS) is 21.3. The summed E-state index contributed by atoms with van der Waals surface area (Å²) in [7, 11) is -4.34. The van der Waals surface area contributed by atoms with E-state index in [-0.39, 0.29) is 35.9 Å². The monoisotopic (exact) mass is 618 g/mol. The fourth-order valence-electron chi connectivity index (χ4n) is 4.08. The Morgan fingerprint density at radius 1 is 1.40 bits per heavy atom. The first-order chi connectivity index (χ1) is 20.5. The van der Waals surface area contributed by atoms with Crippen molar-refractivity contribution in [3.05, 3.63) is 89.0 Å². The number of anilines is 1. The Labute approximate surface area is 245 Å². The second-order valence-corrected chi connectivity index (χ2v) is 11.3. The Hall–Kier alpha value is -4.14. The molecule has 1 unspecified atom stereocenters. The van der Waals surface area contributed by atoms with E-state index < -0.39 is 56.2 Å². The summed E-state index contributed by atoms with van der Waals surface area (Å²) in [5.74, 6) is -1.53. The highest BCUT2D eigenvalue weighted by Crippen LogP contribution is 2.47. The fourth-order valence-corrected chi connectivity index (χ4v) is 5.62. The van der Waals surface area contributed by atoms with Crippen LogP contribution in [-0.2, 0) is 34.5 Å². The Morgan fingerprint density at radius 3 is 2.86 bits per heavy atom. The van der Waals surface area contributed by atoms with Gasteiger partial charge in [0.1, 0.15) is 36.6 Å². The lowest BCUT2D eigenvalue weighted by Crippen LogP contribution is -2.35. The van der Waals surface area contributed by atoms with Crippen LogP contribution in [0.15, 0.2) is 77.8 Å². The number of nitrogen functional groups attached to an aromatic ring is 1. The van der Waals surface area contributed by atoms with Gasteiger partial charge in [-0.1, -0.05) is 36.9 Å². The number of halogens is 1. The van der Waals surface area contributed by atoms with Gasteiger partial charge in [0.15, 0.2) is 11.2 Å². The maximum atomic E-state index is 13.8. The number of nitrogens with two attached hydrogens (primary N) is 1. The Kier molecular flexibility index (Phi) is 10.3. The summed E-state index contributed by atoms with van der Waals surface area (Å²) in [6.45, 7) is 5.67. The minimum absolute atomic E-state index is 0.0118. The molecule has 1 aromatic carbocycles. The van der Waals surface area contributed by atoms with Gasteiger partial charge in [-0.25, -0.2) is 13.9 Å². The van der Waals surface area contributed by atoms with Crippen LogP contribution in [0.5, 0.6) is 0 Å². The largest absolute Gasteiger partial charge is 0.460 e. The molecular weight excluding hydrogens is 586 g/mol. The molecular formula is C27H32FN6O8P. The Balaban J connectivity index is 1.46. The lowest BCUT2D eigenvalue weighted by molar-refractivity contribution is -0.146. The topological polar surface area (TPSA) is 193 Å². The molecule has 2 aromatic heterocycles. The first kappa shape index (κ1) is 31.8. The summed E-state index contributed by atoms with van der Waals surface area (Å²) < 4.78 is 51.1. The van der Waals surface area contributed by atoms with E-state index in [0.717, 1.165) is 17.7 Å². The molecule has 1 fully saturated rings. The molecule has 0 spiro atoms. The zero-order valence-electron chi connectivity index (χ0n) is 23.4. The summed E-state index contributed by atoms with van der Waals surface area (Å²) in [6.07, 6.45) is 1.69. The summed E-state index contributed by atoms with van der Waals surface area (Å²) >= 11 is 0. The molecule has 1 saturated heterocycles. The van der Waals surface area contributed by atoms with Gasteiger partial charge < -0.3 is 24.8 Å². The van der Waals surface area contributed by atoms with Crippen molar-refractivity contribution in [2.24, 2.45) is 0 Å². The quantitative estimate of drug-likeness (QED) is 0.0948. The molecule has 0 bridgehead atoms. The van der Waals surface area contributed by atoms with Crippen molar-refractivity contribution in [2.45, 2.75) is 51.4 Å². The highest BCUT2D eigenvalue weighted by atomic mass is 31.2. The van der Waals surface area contributed by atoms with Gasteiger partial charge in [-0.15, -0.1) is 0 Å². The molecule has 1 aliphatic heterocycles. The first-order valence-corrected chi connectivity index (χ1v) is 14.7.